The van der Waals surface area contributed by atoms with E-state index in [4.69, 9.17) is 9.47 Å². The Balaban J connectivity index is 1.64. The zero-order valence-electron chi connectivity index (χ0n) is 14.6. The van der Waals surface area contributed by atoms with Crippen LogP contribution < -0.4 is 14.8 Å². The van der Waals surface area contributed by atoms with Crippen LogP contribution in [0.2, 0.25) is 0 Å². The Morgan fingerprint density at radius 3 is 2.67 bits per heavy atom. The highest BCUT2D eigenvalue weighted by molar-refractivity contribution is 7.88. The van der Waals surface area contributed by atoms with Crippen molar-refractivity contribution in [3.05, 3.63) is 53.8 Å². The number of hydrogen-bond acceptors (Lipinski definition) is 5. The molecule has 0 fully saturated rings. The van der Waals surface area contributed by atoms with E-state index >= 15 is 0 Å². The first-order valence-electron chi connectivity index (χ1n) is 8.21. The maximum Gasteiger partial charge on any atom is 0.239 e. The molecule has 2 aromatic carbocycles. The topological polar surface area (TPSA) is 84.9 Å². The first kappa shape index (κ1) is 19.1. The number of rotatable bonds is 7. The van der Waals surface area contributed by atoms with Crippen LogP contribution in [-0.4, -0.2) is 44.8 Å². The van der Waals surface area contributed by atoms with Crippen molar-refractivity contribution in [2.75, 3.05) is 31.5 Å². The Bertz CT molecular complexity index is 949. The van der Waals surface area contributed by atoms with Gasteiger partial charge in [0.2, 0.25) is 22.7 Å². The maximum atomic E-state index is 13.7. The summed E-state index contributed by atoms with van der Waals surface area (Å²) in [5.41, 5.74) is 0.856. The highest BCUT2D eigenvalue weighted by atomic mass is 32.2. The first-order valence-corrected chi connectivity index (χ1v) is 10.1. The van der Waals surface area contributed by atoms with Crippen molar-refractivity contribution in [1.82, 2.24) is 4.31 Å². The molecule has 0 atom stereocenters. The van der Waals surface area contributed by atoms with Crippen LogP contribution in [0.25, 0.3) is 0 Å². The average Bonchev–Trinajstić information content (AvgIpc) is 3.06. The summed E-state index contributed by atoms with van der Waals surface area (Å²) >= 11 is 0. The number of benzene rings is 2. The Morgan fingerprint density at radius 2 is 1.93 bits per heavy atom. The molecule has 0 bridgehead atoms. The second kappa shape index (κ2) is 7.93. The Kier molecular flexibility index (Phi) is 5.62. The lowest BCUT2D eigenvalue weighted by atomic mass is 10.1. The minimum atomic E-state index is -3.64. The molecular formula is C18H19FN2O5S. The number of amides is 1. The van der Waals surface area contributed by atoms with Crippen LogP contribution in [-0.2, 0) is 21.2 Å². The van der Waals surface area contributed by atoms with Gasteiger partial charge in [-0.1, -0.05) is 18.2 Å². The molecule has 1 amide bonds. The van der Waals surface area contributed by atoms with Crippen LogP contribution in [0.3, 0.4) is 0 Å². The van der Waals surface area contributed by atoms with Crippen LogP contribution >= 0.6 is 0 Å². The number of halogens is 1. The third-order valence-corrected chi connectivity index (χ3v) is 5.28. The van der Waals surface area contributed by atoms with E-state index in [1.165, 1.54) is 6.07 Å². The molecule has 0 aromatic heterocycles. The molecule has 0 saturated heterocycles. The molecule has 27 heavy (non-hydrogen) atoms. The molecular weight excluding hydrogens is 375 g/mol. The van der Waals surface area contributed by atoms with Gasteiger partial charge in [-0.2, -0.15) is 4.31 Å². The van der Waals surface area contributed by atoms with E-state index in [2.05, 4.69) is 5.32 Å². The van der Waals surface area contributed by atoms with Crippen LogP contribution in [0, 0.1) is 5.82 Å². The normalized spacial score (nSPS) is 13.0. The average molecular weight is 394 g/mol. The van der Waals surface area contributed by atoms with E-state index in [-0.39, 0.29) is 26.3 Å². The number of fused-ring (bicyclic) bond motifs is 1. The monoisotopic (exact) mass is 394 g/mol. The van der Waals surface area contributed by atoms with Gasteiger partial charge in [0.1, 0.15) is 5.82 Å². The summed E-state index contributed by atoms with van der Waals surface area (Å²) in [6.07, 6.45) is 1.18. The first-order chi connectivity index (χ1) is 12.8. The van der Waals surface area contributed by atoms with Gasteiger partial charge in [0.25, 0.3) is 0 Å². The van der Waals surface area contributed by atoms with Crippen LogP contribution in [0.15, 0.2) is 42.5 Å². The molecule has 144 valence electrons. The molecule has 1 aliphatic heterocycles. The number of carbonyl (C=O) groups excluding carboxylic acids is 1. The third-order valence-electron chi connectivity index (χ3n) is 4.03. The van der Waals surface area contributed by atoms with E-state index in [0.717, 1.165) is 10.6 Å². The van der Waals surface area contributed by atoms with Crippen molar-refractivity contribution >= 4 is 21.6 Å². The minimum absolute atomic E-state index is 0.00563. The van der Waals surface area contributed by atoms with Gasteiger partial charge < -0.3 is 14.8 Å². The lowest BCUT2D eigenvalue weighted by Crippen LogP contribution is -2.38. The predicted octanol–water partition coefficient (Wildman–Crippen LogP) is 2.00. The van der Waals surface area contributed by atoms with Gasteiger partial charge in [0.05, 0.1) is 12.8 Å². The molecule has 1 aliphatic rings. The summed E-state index contributed by atoms with van der Waals surface area (Å²) in [4.78, 5) is 12.3. The van der Waals surface area contributed by atoms with E-state index in [1.54, 1.807) is 36.4 Å². The van der Waals surface area contributed by atoms with E-state index in [0.29, 0.717) is 22.7 Å². The number of nitrogens with one attached hydrogen (secondary N) is 1. The Morgan fingerprint density at radius 1 is 1.19 bits per heavy atom. The van der Waals surface area contributed by atoms with E-state index in [9.17, 15) is 17.6 Å². The van der Waals surface area contributed by atoms with E-state index in [1.807, 2.05) is 0 Å². The second-order valence-electron chi connectivity index (χ2n) is 6.05. The van der Waals surface area contributed by atoms with Crippen LogP contribution in [0.1, 0.15) is 5.56 Å². The molecule has 2 aromatic rings. The number of carbonyl (C=O) groups is 1. The maximum absolute atomic E-state index is 13.7. The molecule has 1 heterocycles. The number of anilines is 1. The highest BCUT2D eigenvalue weighted by Crippen LogP contribution is 2.34. The number of sulfonamides is 1. The fourth-order valence-corrected chi connectivity index (χ4v) is 3.42. The number of nitrogens with zero attached hydrogens (tertiary/aromatic N) is 1. The van der Waals surface area contributed by atoms with Crippen LogP contribution in [0.5, 0.6) is 11.5 Å². The Hall–Kier alpha value is -2.65. The Labute approximate surface area is 156 Å². The van der Waals surface area contributed by atoms with Crippen molar-refractivity contribution in [2.24, 2.45) is 0 Å². The quantitative estimate of drug-likeness (QED) is 0.776. The summed E-state index contributed by atoms with van der Waals surface area (Å²) in [5.74, 6) is 0.173. The second-order valence-corrected chi connectivity index (χ2v) is 8.04. The van der Waals surface area contributed by atoms with Crippen molar-refractivity contribution in [3.63, 3.8) is 0 Å². The third kappa shape index (κ3) is 4.95. The van der Waals surface area contributed by atoms with Crippen molar-refractivity contribution in [2.45, 2.75) is 6.42 Å². The molecule has 0 saturated carbocycles. The molecule has 0 unspecified atom stereocenters. The predicted molar refractivity (Wildman–Crippen MR) is 97.7 cm³/mol. The molecule has 0 spiro atoms. The summed E-state index contributed by atoms with van der Waals surface area (Å²) in [5, 5.41) is 2.63. The standard InChI is InChI=1S/C18H19FN2O5S/c1-27(23,24)21(9-8-13-4-2-3-5-15(13)19)11-18(22)20-14-6-7-16-17(10-14)26-12-25-16/h2-7,10H,8-9,11-12H2,1H3,(H,20,22). The summed E-state index contributed by atoms with van der Waals surface area (Å²) in [6, 6.07) is 11.0. The van der Waals surface area contributed by atoms with Crippen LogP contribution in [0.4, 0.5) is 10.1 Å². The summed E-state index contributed by atoms with van der Waals surface area (Å²) in [7, 11) is -3.64. The van der Waals surface area contributed by atoms with Gasteiger partial charge in [-0.15, -0.1) is 0 Å². The largest absolute Gasteiger partial charge is 0.454 e. The van der Waals surface area contributed by atoms with Gasteiger partial charge in [-0.3, -0.25) is 4.79 Å². The fraction of sp³-hybridized carbons (Fsp3) is 0.278. The fourth-order valence-electron chi connectivity index (χ4n) is 2.64. The molecule has 3 rings (SSSR count). The van der Waals surface area contributed by atoms with Crippen molar-refractivity contribution < 1.29 is 27.1 Å². The zero-order chi connectivity index (χ0) is 19.4. The van der Waals surface area contributed by atoms with Crippen molar-refractivity contribution in [1.29, 1.82) is 0 Å². The molecule has 7 nitrogen and oxygen atoms in total. The number of ether oxygens (including phenoxy) is 2. The van der Waals surface area contributed by atoms with Gasteiger partial charge in [0.15, 0.2) is 11.5 Å². The SMILES string of the molecule is CS(=O)(=O)N(CCc1ccccc1F)CC(=O)Nc1ccc2c(c1)OCO2. The lowest BCUT2D eigenvalue weighted by molar-refractivity contribution is -0.116. The summed E-state index contributed by atoms with van der Waals surface area (Å²) in [6.45, 7) is -0.263. The molecule has 9 heteroatoms. The molecule has 0 aliphatic carbocycles. The smallest absolute Gasteiger partial charge is 0.239 e. The van der Waals surface area contributed by atoms with Gasteiger partial charge in [-0.25, -0.2) is 12.8 Å². The zero-order valence-corrected chi connectivity index (χ0v) is 15.5. The van der Waals surface area contributed by atoms with Gasteiger partial charge in [0, 0.05) is 18.3 Å². The van der Waals surface area contributed by atoms with Gasteiger partial charge in [-0.05, 0) is 30.2 Å². The molecule has 0 radical (unpaired) electrons. The van der Waals surface area contributed by atoms with Gasteiger partial charge >= 0.3 is 0 Å². The van der Waals surface area contributed by atoms with Crippen molar-refractivity contribution in [3.8, 4) is 11.5 Å². The number of hydrogen-bond donors (Lipinski definition) is 1. The minimum Gasteiger partial charge on any atom is -0.454 e. The molecule has 1 N–H and O–H groups in total. The summed E-state index contributed by atoms with van der Waals surface area (Å²) < 4.78 is 49.2. The van der Waals surface area contributed by atoms with E-state index < -0.39 is 21.7 Å². The lowest BCUT2D eigenvalue weighted by Gasteiger charge is -2.19. The highest BCUT2D eigenvalue weighted by Gasteiger charge is 2.21.